The fourth-order valence-electron chi connectivity index (χ4n) is 1.43. The summed E-state index contributed by atoms with van der Waals surface area (Å²) < 4.78 is 1.90. The molecule has 0 aliphatic rings. The topological polar surface area (TPSA) is 95.6 Å². The Bertz CT molecular complexity index is 767. The molecule has 1 amide bonds. The molecule has 0 saturated carbocycles. The first-order valence-electron chi connectivity index (χ1n) is 5.06. The van der Waals surface area contributed by atoms with Crippen molar-refractivity contribution < 1.29 is 4.79 Å². The van der Waals surface area contributed by atoms with Gasteiger partial charge in [0, 0.05) is 12.6 Å². The Kier molecular flexibility index (Phi) is 2.87. The number of carbonyl (C=O) groups is 1. The third kappa shape index (κ3) is 1.97. The zero-order chi connectivity index (χ0) is 13.4. The SMILES string of the molecule is C=C(C)C(=O)Nc1nc2[nH]c(=S)n(C)c2c(=O)[nH]1. The Labute approximate surface area is 107 Å². The fraction of sp³-hybridized carbons (Fsp3) is 0.200. The lowest BCUT2D eigenvalue weighted by Crippen LogP contribution is -2.19. The largest absolute Gasteiger partial charge is 0.315 e. The average Bonchev–Trinajstić information content (AvgIpc) is 2.54. The highest BCUT2D eigenvalue weighted by molar-refractivity contribution is 7.71. The van der Waals surface area contributed by atoms with Crippen molar-refractivity contribution in [2.75, 3.05) is 5.32 Å². The smallest absolute Gasteiger partial charge is 0.278 e. The summed E-state index contributed by atoms with van der Waals surface area (Å²) in [5.41, 5.74) is 0.585. The van der Waals surface area contributed by atoms with E-state index in [2.05, 4.69) is 26.8 Å². The molecule has 0 aromatic carbocycles. The fourth-order valence-corrected chi connectivity index (χ4v) is 1.61. The molecule has 0 atom stereocenters. The van der Waals surface area contributed by atoms with E-state index in [1.54, 1.807) is 14.0 Å². The van der Waals surface area contributed by atoms with Crippen LogP contribution >= 0.6 is 12.2 Å². The van der Waals surface area contributed by atoms with Crippen molar-refractivity contribution in [1.82, 2.24) is 19.5 Å². The van der Waals surface area contributed by atoms with Gasteiger partial charge < -0.3 is 9.55 Å². The quantitative estimate of drug-likeness (QED) is 0.553. The van der Waals surface area contributed by atoms with Crippen LogP contribution in [0.4, 0.5) is 5.95 Å². The minimum absolute atomic E-state index is 0.0531. The maximum atomic E-state index is 11.8. The number of aromatic amines is 2. The first kappa shape index (κ1) is 12.2. The molecular formula is C10H11N5O2S. The van der Waals surface area contributed by atoms with Gasteiger partial charge in [-0.25, -0.2) is 0 Å². The minimum Gasteiger partial charge on any atom is -0.315 e. The Morgan fingerprint density at radius 2 is 2.17 bits per heavy atom. The van der Waals surface area contributed by atoms with E-state index < -0.39 is 5.91 Å². The molecule has 0 spiro atoms. The molecule has 8 heteroatoms. The zero-order valence-electron chi connectivity index (χ0n) is 9.83. The van der Waals surface area contributed by atoms with E-state index in [0.29, 0.717) is 21.5 Å². The minimum atomic E-state index is -0.410. The van der Waals surface area contributed by atoms with Crippen LogP contribution in [0.1, 0.15) is 6.92 Å². The van der Waals surface area contributed by atoms with E-state index in [4.69, 9.17) is 12.2 Å². The number of carbonyl (C=O) groups excluding carboxylic acids is 1. The van der Waals surface area contributed by atoms with Crippen molar-refractivity contribution in [3.8, 4) is 0 Å². The summed E-state index contributed by atoms with van der Waals surface area (Å²) in [5, 5.41) is 2.43. The Balaban J connectivity index is 2.57. The van der Waals surface area contributed by atoms with Crippen molar-refractivity contribution in [3.63, 3.8) is 0 Å². The average molecular weight is 265 g/mol. The Morgan fingerprint density at radius 3 is 2.78 bits per heavy atom. The van der Waals surface area contributed by atoms with Crippen LogP contribution in [0.25, 0.3) is 11.2 Å². The van der Waals surface area contributed by atoms with E-state index in [1.165, 1.54) is 4.57 Å². The van der Waals surface area contributed by atoms with Crippen LogP contribution < -0.4 is 10.9 Å². The second-order valence-corrected chi connectivity index (χ2v) is 4.22. The molecule has 0 bridgehead atoms. The first-order valence-corrected chi connectivity index (χ1v) is 5.47. The van der Waals surface area contributed by atoms with Crippen molar-refractivity contribution in [1.29, 1.82) is 0 Å². The number of hydrogen-bond acceptors (Lipinski definition) is 4. The Morgan fingerprint density at radius 1 is 1.50 bits per heavy atom. The van der Waals surface area contributed by atoms with E-state index in [1.807, 2.05) is 0 Å². The number of fused-ring (bicyclic) bond motifs is 1. The van der Waals surface area contributed by atoms with E-state index in [0.717, 1.165) is 0 Å². The highest BCUT2D eigenvalue weighted by atomic mass is 32.1. The number of nitrogens with zero attached hydrogens (tertiary/aromatic N) is 2. The highest BCUT2D eigenvalue weighted by Gasteiger charge is 2.11. The van der Waals surface area contributed by atoms with Crippen molar-refractivity contribution in [2.45, 2.75) is 6.92 Å². The third-order valence-electron chi connectivity index (χ3n) is 2.38. The van der Waals surface area contributed by atoms with E-state index in [9.17, 15) is 9.59 Å². The standard InChI is InChI=1S/C10H11N5O2S/c1-4(2)7(16)13-9-11-6-5(8(17)14-9)15(3)10(18)12-6/h1H2,2-3H3,(H3,11,12,13,14,16,17,18). The van der Waals surface area contributed by atoms with Crippen LogP contribution in [-0.4, -0.2) is 25.4 Å². The second-order valence-electron chi connectivity index (χ2n) is 3.84. The molecule has 2 aromatic heterocycles. The van der Waals surface area contributed by atoms with Crippen molar-refractivity contribution in [3.05, 3.63) is 27.3 Å². The molecule has 2 heterocycles. The van der Waals surface area contributed by atoms with Gasteiger partial charge in [0.05, 0.1) is 0 Å². The summed E-state index contributed by atoms with van der Waals surface area (Å²) in [6.45, 7) is 5.05. The number of amides is 1. The van der Waals surface area contributed by atoms with Crippen molar-refractivity contribution >= 4 is 35.2 Å². The van der Waals surface area contributed by atoms with Gasteiger partial charge in [0.25, 0.3) is 11.5 Å². The number of H-pyrrole nitrogens is 2. The molecule has 0 radical (unpaired) electrons. The first-order chi connectivity index (χ1) is 8.40. The number of aryl methyl sites for hydroxylation is 1. The molecule has 3 N–H and O–H groups in total. The summed E-state index contributed by atoms with van der Waals surface area (Å²) >= 11 is 5.00. The van der Waals surface area contributed by atoms with Crippen LogP contribution in [0, 0.1) is 4.77 Å². The Hall–Kier alpha value is -2.22. The molecule has 94 valence electrons. The summed E-state index contributed by atoms with van der Waals surface area (Å²) in [4.78, 5) is 32.6. The third-order valence-corrected chi connectivity index (χ3v) is 2.76. The number of rotatable bonds is 2. The molecule has 0 aliphatic carbocycles. The van der Waals surface area contributed by atoms with Crippen LogP contribution in [0.3, 0.4) is 0 Å². The maximum Gasteiger partial charge on any atom is 0.278 e. The van der Waals surface area contributed by atoms with Gasteiger partial charge in [-0.15, -0.1) is 0 Å². The van der Waals surface area contributed by atoms with Gasteiger partial charge in [-0.05, 0) is 19.1 Å². The maximum absolute atomic E-state index is 11.8. The van der Waals surface area contributed by atoms with Gasteiger partial charge in [-0.2, -0.15) is 4.98 Å². The monoisotopic (exact) mass is 265 g/mol. The van der Waals surface area contributed by atoms with Crippen LogP contribution in [0.2, 0.25) is 0 Å². The molecule has 7 nitrogen and oxygen atoms in total. The van der Waals surface area contributed by atoms with Gasteiger partial charge in [0.15, 0.2) is 15.9 Å². The van der Waals surface area contributed by atoms with Gasteiger partial charge in [0.2, 0.25) is 5.95 Å². The zero-order valence-corrected chi connectivity index (χ0v) is 10.6. The molecule has 0 unspecified atom stereocenters. The van der Waals surface area contributed by atoms with Gasteiger partial charge in [-0.1, -0.05) is 6.58 Å². The normalized spacial score (nSPS) is 10.6. The summed E-state index contributed by atoms with van der Waals surface area (Å²) in [6.07, 6.45) is 0. The molecular weight excluding hydrogens is 254 g/mol. The number of imidazole rings is 1. The molecule has 0 saturated heterocycles. The number of hydrogen-bond donors (Lipinski definition) is 3. The predicted octanol–water partition coefficient (Wildman–Crippen LogP) is 0.834. The van der Waals surface area contributed by atoms with E-state index >= 15 is 0 Å². The van der Waals surface area contributed by atoms with Crippen molar-refractivity contribution in [2.24, 2.45) is 7.05 Å². The van der Waals surface area contributed by atoms with E-state index in [-0.39, 0.29) is 11.5 Å². The summed E-state index contributed by atoms with van der Waals surface area (Å²) in [5.74, 6) is -0.357. The number of aromatic nitrogens is 4. The second kappa shape index (κ2) is 4.22. The highest BCUT2D eigenvalue weighted by Crippen LogP contribution is 2.07. The molecule has 2 rings (SSSR count). The summed E-state index contributed by atoms with van der Waals surface area (Å²) in [6, 6.07) is 0. The summed E-state index contributed by atoms with van der Waals surface area (Å²) in [7, 11) is 1.66. The predicted molar refractivity (Wildman–Crippen MR) is 70.0 cm³/mol. The lowest BCUT2D eigenvalue weighted by Gasteiger charge is -2.03. The number of anilines is 1. The lowest BCUT2D eigenvalue weighted by atomic mass is 10.3. The molecule has 0 fully saturated rings. The van der Waals surface area contributed by atoms with Crippen LogP contribution in [0.15, 0.2) is 16.9 Å². The lowest BCUT2D eigenvalue weighted by molar-refractivity contribution is -0.112. The van der Waals surface area contributed by atoms with Gasteiger partial charge >= 0.3 is 0 Å². The van der Waals surface area contributed by atoms with Gasteiger partial charge in [-0.3, -0.25) is 19.9 Å². The van der Waals surface area contributed by atoms with Crippen LogP contribution in [0.5, 0.6) is 0 Å². The molecule has 18 heavy (non-hydrogen) atoms. The molecule has 0 aliphatic heterocycles. The van der Waals surface area contributed by atoms with Gasteiger partial charge in [0.1, 0.15) is 0 Å². The molecule has 2 aromatic rings. The number of nitrogens with one attached hydrogen (secondary N) is 3. The van der Waals surface area contributed by atoms with Crippen LogP contribution in [-0.2, 0) is 11.8 Å².